The van der Waals surface area contributed by atoms with Crippen LogP contribution in [0, 0.1) is 0 Å². The molecule has 1 aromatic carbocycles. The Morgan fingerprint density at radius 3 is 2.67 bits per heavy atom. The van der Waals surface area contributed by atoms with Crippen LogP contribution >= 0.6 is 0 Å². The number of benzene rings is 1. The number of methoxy groups -OCH3 is 1. The van der Waals surface area contributed by atoms with Crippen LogP contribution in [0.4, 0.5) is 0 Å². The second-order valence-corrected chi connectivity index (χ2v) is 3.17. The molecule has 0 aliphatic rings. The van der Waals surface area contributed by atoms with Crippen molar-refractivity contribution in [1.29, 1.82) is 0 Å². The zero-order valence-corrected chi connectivity index (χ0v) is 8.21. The Hall–Kier alpha value is -1.59. The third kappa shape index (κ3) is 1.93. The third-order valence-corrected chi connectivity index (χ3v) is 2.18. The zero-order chi connectivity index (χ0) is 10.8. The second kappa shape index (κ2) is 3.88. The highest BCUT2D eigenvalue weighted by atomic mass is 16.5. The van der Waals surface area contributed by atoms with E-state index < -0.39 is 7.12 Å². The zero-order valence-electron chi connectivity index (χ0n) is 8.21. The van der Waals surface area contributed by atoms with E-state index in [2.05, 4.69) is 4.98 Å². The third-order valence-electron chi connectivity index (χ3n) is 2.18. The first-order valence-electron chi connectivity index (χ1n) is 4.51. The number of hydrogen-bond donors (Lipinski definition) is 2. The SMILES string of the molecule is COc1ccc2nc(B(O)O)ccc2c1. The second-order valence-electron chi connectivity index (χ2n) is 3.17. The molecule has 0 radical (unpaired) electrons. The van der Waals surface area contributed by atoms with E-state index in [1.165, 1.54) is 0 Å². The van der Waals surface area contributed by atoms with Crippen molar-refractivity contribution in [3.63, 3.8) is 0 Å². The number of fused-ring (bicyclic) bond motifs is 1. The van der Waals surface area contributed by atoms with Gasteiger partial charge in [-0.05, 0) is 24.3 Å². The van der Waals surface area contributed by atoms with E-state index in [1.54, 1.807) is 31.4 Å². The van der Waals surface area contributed by atoms with Crippen molar-refractivity contribution in [2.24, 2.45) is 0 Å². The van der Waals surface area contributed by atoms with Gasteiger partial charge >= 0.3 is 7.12 Å². The van der Waals surface area contributed by atoms with Crippen LogP contribution in [-0.2, 0) is 0 Å². The number of ether oxygens (including phenoxy) is 1. The quantitative estimate of drug-likeness (QED) is 0.670. The Morgan fingerprint density at radius 2 is 2.00 bits per heavy atom. The van der Waals surface area contributed by atoms with Crippen LogP contribution in [0.5, 0.6) is 5.75 Å². The highest BCUT2D eigenvalue weighted by molar-refractivity contribution is 6.57. The largest absolute Gasteiger partial charge is 0.508 e. The summed E-state index contributed by atoms with van der Waals surface area (Å²) in [5.41, 5.74) is 0.953. The molecule has 0 aliphatic heterocycles. The fourth-order valence-corrected chi connectivity index (χ4v) is 1.39. The normalized spacial score (nSPS) is 10.3. The van der Waals surface area contributed by atoms with Gasteiger partial charge in [0.15, 0.2) is 0 Å². The first kappa shape index (κ1) is 9.95. The average Bonchev–Trinajstić information content (AvgIpc) is 2.27. The van der Waals surface area contributed by atoms with Crippen LogP contribution in [0.3, 0.4) is 0 Å². The van der Waals surface area contributed by atoms with Crippen LogP contribution in [0.25, 0.3) is 10.9 Å². The average molecular weight is 203 g/mol. The lowest BCUT2D eigenvalue weighted by atomic mass is 9.85. The number of pyridine rings is 1. The van der Waals surface area contributed by atoms with Crippen LogP contribution < -0.4 is 10.3 Å². The van der Waals surface area contributed by atoms with Gasteiger partial charge in [0.25, 0.3) is 0 Å². The van der Waals surface area contributed by atoms with Gasteiger partial charge in [0.1, 0.15) is 5.75 Å². The van der Waals surface area contributed by atoms with E-state index in [0.29, 0.717) is 5.52 Å². The Bertz CT molecular complexity index is 487. The molecule has 76 valence electrons. The summed E-state index contributed by atoms with van der Waals surface area (Å²) in [6.07, 6.45) is 0. The molecular weight excluding hydrogens is 193 g/mol. The van der Waals surface area contributed by atoms with Gasteiger partial charge < -0.3 is 14.8 Å². The Balaban J connectivity index is 2.55. The molecule has 0 spiro atoms. The van der Waals surface area contributed by atoms with Gasteiger partial charge in [-0.15, -0.1) is 0 Å². The Kier molecular flexibility index (Phi) is 2.57. The molecule has 0 bridgehead atoms. The summed E-state index contributed by atoms with van der Waals surface area (Å²) in [6.45, 7) is 0. The van der Waals surface area contributed by atoms with E-state index in [1.807, 2.05) is 6.07 Å². The molecule has 15 heavy (non-hydrogen) atoms. The maximum absolute atomic E-state index is 8.95. The molecule has 2 rings (SSSR count). The smallest absolute Gasteiger partial charge is 0.497 e. The fourth-order valence-electron chi connectivity index (χ4n) is 1.39. The predicted octanol–water partition coefficient (Wildman–Crippen LogP) is -0.0768. The number of aromatic nitrogens is 1. The van der Waals surface area contributed by atoms with Crippen LogP contribution in [0.2, 0.25) is 0 Å². The molecule has 0 fully saturated rings. The monoisotopic (exact) mass is 203 g/mol. The van der Waals surface area contributed by atoms with Gasteiger partial charge in [0, 0.05) is 5.39 Å². The summed E-state index contributed by atoms with van der Waals surface area (Å²) in [6, 6.07) is 8.75. The summed E-state index contributed by atoms with van der Waals surface area (Å²) >= 11 is 0. The summed E-state index contributed by atoms with van der Waals surface area (Å²) in [7, 11) is 0.0666. The fraction of sp³-hybridized carbons (Fsp3) is 0.100. The maximum atomic E-state index is 8.95. The van der Waals surface area contributed by atoms with Crippen molar-refractivity contribution in [3.8, 4) is 5.75 Å². The number of hydrogen-bond acceptors (Lipinski definition) is 4. The first-order chi connectivity index (χ1) is 7.20. The molecule has 2 aromatic rings. The molecular formula is C10H10BNO3. The van der Waals surface area contributed by atoms with E-state index in [9.17, 15) is 0 Å². The van der Waals surface area contributed by atoms with E-state index in [0.717, 1.165) is 11.1 Å². The van der Waals surface area contributed by atoms with Crippen LogP contribution in [-0.4, -0.2) is 29.3 Å². The van der Waals surface area contributed by atoms with E-state index >= 15 is 0 Å². The minimum Gasteiger partial charge on any atom is -0.497 e. The highest BCUT2D eigenvalue weighted by Crippen LogP contribution is 2.17. The molecule has 5 heteroatoms. The van der Waals surface area contributed by atoms with Gasteiger partial charge in [-0.2, -0.15) is 0 Å². The summed E-state index contributed by atoms with van der Waals surface area (Å²) in [4.78, 5) is 4.09. The molecule has 0 saturated carbocycles. The van der Waals surface area contributed by atoms with E-state index in [4.69, 9.17) is 14.8 Å². The number of nitrogens with zero attached hydrogens (tertiary/aromatic N) is 1. The minimum absolute atomic E-state index is 0.243. The topological polar surface area (TPSA) is 62.6 Å². The van der Waals surface area contributed by atoms with Crippen LogP contribution in [0.1, 0.15) is 0 Å². The molecule has 0 unspecified atom stereocenters. The van der Waals surface area contributed by atoms with Crippen molar-refractivity contribution in [2.75, 3.05) is 7.11 Å². The molecule has 0 aliphatic carbocycles. The molecule has 0 saturated heterocycles. The maximum Gasteiger partial charge on any atom is 0.508 e. The lowest BCUT2D eigenvalue weighted by Crippen LogP contribution is -2.32. The van der Waals surface area contributed by atoms with Crippen molar-refractivity contribution in [2.45, 2.75) is 0 Å². The van der Waals surface area contributed by atoms with Gasteiger partial charge in [0.05, 0.1) is 18.2 Å². The van der Waals surface area contributed by atoms with Crippen molar-refractivity contribution < 1.29 is 14.8 Å². The van der Waals surface area contributed by atoms with Crippen LogP contribution in [0.15, 0.2) is 30.3 Å². The first-order valence-corrected chi connectivity index (χ1v) is 4.51. The Labute approximate surface area is 87.3 Å². The van der Waals surface area contributed by atoms with E-state index in [-0.39, 0.29) is 5.59 Å². The van der Waals surface area contributed by atoms with Crippen molar-refractivity contribution in [3.05, 3.63) is 30.3 Å². The van der Waals surface area contributed by atoms with Gasteiger partial charge in [0.2, 0.25) is 0 Å². The minimum atomic E-state index is -1.53. The van der Waals surface area contributed by atoms with Gasteiger partial charge in [-0.3, -0.25) is 4.98 Å². The molecule has 1 heterocycles. The van der Waals surface area contributed by atoms with Crippen molar-refractivity contribution in [1.82, 2.24) is 4.98 Å². The summed E-state index contributed by atoms with van der Waals surface area (Å²) in [5, 5.41) is 18.8. The molecule has 4 nitrogen and oxygen atoms in total. The predicted molar refractivity (Wildman–Crippen MR) is 58.1 cm³/mol. The van der Waals surface area contributed by atoms with Gasteiger partial charge in [-0.25, -0.2) is 0 Å². The molecule has 1 aromatic heterocycles. The van der Waals surface area contributed by atoms with Gasteiger partial charge in [-0.1, -0.05) is 6.07 Å². The molecule has 2 N–H and O–H groups in total. The van der Waals surface area contributed by atoms with Crippen molar-refractivity contribution >= 4 is 23.6 Å². The Morgan fingerprint density at radius 1 is 1.20 bits per heavy atom. The molecule has 0 atom stereocenters. The lowest BCUT2D eigenvalue weighted by molar-refractivity contribution is 0.415. The lowest BCUT2D eigenvalue weighted by Gasteiger charge is -2.03. The highest BCUT2D eigenvalue weighted by Gasteiger charge is 2.12. The summed E-state index contributed by atoms with van der Waals surface area (Å²) in [5.74, 6) is 0.751. The summed E-state index contributed by atoms with van der Waals surface area (Å²) < 4.78 is 5.07. The number of rotatable bonds is 2. The standard InChI is InChI=1S/C10H10BNO3/c1-15-8-3-4-9-7(6-8)2-5-10(12-9)11(13)14/h2-6,13-14H,1H3. The molecule has 0 amide bonds.